The fourth-order valence-electron chi connectivity index (χ4n) is 4.29. The molecule has 0 spiro atoms. The minimum atomic E-state index is -4.64. The fraction of sp³-hybridized carbons (Fsp3) is 0.611. The summed E-state index contributed by atoms with van der Waals surface area (Å²) in [7, 11) is 0. The van der Waals surface area contributed by atoms with Crippen molar-refractivity contribution in [2.24, 2.45) is 17.8 Å². The molecule has 0 amide bonds. The van der Waals surface area contributed by atoms with E-state index in [1.165, 1.54) is 12.1 Å². The van der Waals surface area contributed by atoms with Gasteiger partial charge in [-0.05, 0) is 74.0 Å². The fourth-order valence-corrected chi connectivity index (χ4v) is 4.29. The molecule has 0 radical (unpaired) electrons. The van der Waals surface area contributed by atoms with Crippen molar-refractivity contribution in [3.05, 3.63) is 29.8 Å². The maximum Gasteiger partial charge on any atom is 0.573 e. The van der Waals surface area contributed by atoms with E-state index in [2.05, 4.69) is 4.74 Å². The second kappa shape index (κ2) is 6.54. The Labute approximate surface area is 134 Å². The average Bonchev–Trinajstić information content (AvgIpc) is 2.53. The summed E-state index contributed by atoms with van der Waals surface area (Å²) < 4.78 is 40.5. The Morgan fingerprint density at radius 2 is 1.61 bits per heavy atom. The maximum atomic E-state index is 12.2. The first kappa shape index (κ1) is 16.3. The molecule has 1 aromatic carbocycles. The molecule has 2 nitrogen and oxygen atoms in total. The first-order valence-electron chi connectivity index (χ1n) is 8.25. The number of aldehydes is 1. The van der Waals surface area contributed by atoms with Crippen molar-refractivity contribution in [3.63, 3.8) is 0 Å². The molecule has 1 aromatic rings. The quantitative estimate of drug-likeness (QED) is 0.724. The molecule has 2 saturated carbocycles. The first-order valence-corrected chi connectivity index (χ1v) is 8.25. The number of fused-ring (bicyclic) bond motifs is 1. The van der Waals surface area contributed by atoms with Crippen LogP contribution in [0.2, 0.25) is 0 Å². The largest absolute Gasteiger partial charge is 0.573 e. The van der Waals surface area contributed by atoms with Gasteiger partial charge in [-0.25, -0.2) is 0 Å². The van der Waals surface area contributed by atoms with Crippen LogP contribution in [0.3, 0.4) is 0 Å². The molecule has 23 heavy (non-hydrogen) atoms. The normalized spacial score (nSPS) is 31.3. The highest BCUT2D eigenvalue weighted by Crippen LogP contribution is 2.47. The zero-order valence-corrected chi connectivity index (χ0v) is 12.9. The lowest BCUT2D eigenvalue weighted by Gasteiger charge is -2.41. The third-order valence-corrected chi connectivity index (χ3v) is 5.43. The number of ether oxygens (including phenoxy) is 1. The minimum Gasteiger partial charge on any atom is -0.406 e. The van der Waals surface area contributed by atoms with Crippen molar-refractivity contribution < 1.29 is 22.7 Å². The predicted molar refractivity (Wildman–Crippen MR) is 80.1 cm³/mol. The van der Waals surface area contributed by atoms with Gasteiger partial charge in [0.2, 0.25) is 0 Å². The Kier molecular flexibility index (Phi) is 4.64. The predicted octanol–water partition coefficient (Wildman–Crippen LogP) is 5.08. The van der Waals surface area contributed by atoms with E-state index < -0.39 is 6.36 Å². The van der Waals surface area contributed by atoms with E-state index in [4.69, 9.17) is 0 Å². The Balaban J connectivity index is 1.61. The van der Waals surface area contributed by atoms with Crippen LogP contribution in [0.1, 0.15) is 50.0 Å². The van der Waals surface area contributed by atoms with Gasteiger partial charge < -0.3 is 9.53 Å². The van der Waals surface area contributed by atoms with Crippen LogP contribution in [0.15, 0.2) is 24.3 Å². The van der Waals surface area contributed by atoms with Gasteiger partial charge in [-0.3, -0.25) is 0 Å². The van der Waals surface area contributed by atoms with Crippen LogP contribution in [-0.4, -0.2) is 12.6 Å². The van der Waals surface area contributed by atoms with Crippen LogP contribution in [0.4, 0.5) is 13.2 Å². The van der Waals surface area contributed by atoms with Gasteiger partial charge in [-0.2, -0.15) is 0 Å². The van der Waals surface area contributed by atoms with Crippen molar-refractivity contribution in [2.45, 2.75) is 50.8 Å². The van der Waals surface area contributed by atoms with Crippen LogP contribution in [0.25, 0.3) is 0 Å². The monoisotopic (exact) mass is 326 g/mol. The Morgan fingerprint density at radius 3 is 2.26 bits per heavy atom. The number of benzene rings is 1. The molecule has 2 fully saturated rings. The van der Waals surface area contributed by atoms with E-state index in [1.54, 1.807) is 12.1 Å². The van der Waals surface area contributed by atoms with Crippen molar-refractivity contribution in [3.8, 4) is 5.75 Å². The maximum absolute atomic E-state index is 12.2. The molecule has 0 bridgehead atoms. The van der Waals surface area contributed by atoms with Gasteiger partial charge in [0.25, 0.3) is 0 Å². The van der Waals surface area contributed by atoms with Gasteiger partial charge in [0.05, 0.1) is 0 Å². The van der Waals surface area contributed by atoms with E-state index in [0.29, 0.717) is 17.8 Å². The summed E-state index contributed by atoms with van der Waals surface area (Å²) in [5.74, 6) is 1.76. The summed E-state index contributed by atoms with van der Waals surface area (Å²) in [5.41, 5.74) is 1.09. The molecular formula is C18H21F3O2. The topological polar surface area (TPSA) is 26.3 Å². The minimum absolute atomic E-state index is 0.165. The summed E-state index contributed by atoms with van der Waals surface area (Å²) in [6.45, 7) is 0. The molecule has 126 valence electrons. The highest BCUT2D eigenvalue weighted by atomic mass is 19.4. The van der Waals surface area contributed by atoms with E-state index in [9.17, 15) is 18.0 Å². The van der Waals surface area contributed by atoms with Crippen LogP contribution in [0.5, 0.6) is 5.75 Å². The van der Waals surface area contributed by atoms with E-state index in [1.807, 2.05) is 0 Å². The second-order valence-corrected chi connectivity index (χ2v) is 6.86. The van der Waals surface area contributed by atoms with Gasteiger partial charge in [0, 0.05) is 5.92 Å². The van der Waals surface area contributed by atoms with Crippen LogP contribution in [0, 0.1) is 17.8 Å². The van der Waals surface area contributed by atoms with Gasteiger partial charge in [-0.1, -0.05) is 12.1 Å². The van der Waals surface area contributed by atoms with Crippen LogP contribution < -0.4 is 4.74 Å². The number of carbonyl (C=O) groups is 1. The number of alkyl halides is 3. The molecule has 0 aromatic heterocycles. The standard InChI is InChI=1S/C18H21F3O2/c19-18(20,21)23-17-7-5-13(6-8-17)15-4-3-14-9-12(11-22)1-2-16(14)10-15/h5-8,11-12,14-16H,1-4,9-10H2. The molecule has 2 aliphatic rings. The molecular weight excluding hydrogens is 305 g/mol. The molecule has 0 saturated heterocycles. The molecule has 0 N–H and O–H groups in total. The highest BCUT2D eigenvalue weighted by molar-refractivity contribution is 5.53. The summed E-state index contributed by atoms with van der Waals surface area (Å²) in [6.07, 6.45) is 2.79. The van der Waals surface area contributed by atoms with Crippen LogP contribution >= 0.6 is 0 Å². The third kappa shape index (κ3) is 4.06. The number of carbonyl (C=O) groups excluding carboxylic acids is 1. The number of rotatable bonds is 3. The smallest absolute Gasteiger partial charge is 0.406 e. The number of hydrogen-bond acceptors (Lipinski definition) is 2. The zero-order valence-electron chi connectivity index (χ0n) is 12.9. The summed E-state index contributed by atoms with van der Waals surface area (Å²) in [5, 5.41) is 0. The lowest BCUT2D eigenvalue weighted by atomic mass is 9.64. The second-order valence-electron chi connectivity index (χ2n) is 6.86. The van der Waals surface area contributed by atoms with Crippen molar-refractivity contribution >= 4 is 6.29 Å². The number of halogens is 3. The van der Waals surface area contributed by atoms with Crippen molar-refractivity contribution in [2.75, 3.05) is 0 Å². The third-order valence-electron chi connectivity index (χ3n) is 5.43. The molecule has 3 rings (SSSR count). The SMILES string of the molecule is O=CC1CCC2CC(c3ccc(OC(F)(F)F)cc3)CCC2C1. The van der Waals surface area contributed by atoms with E-state index >= 15 is 0 Å². The van der Waals surface area contributed by atoms with E-state index in [-0.39, 0.29) is 11.7 Å². The molecule has 0 aliphatic heterocycles. The molecule has 4 atom stereocenters. The van der Waals surface area contributed by atoms with Crippen LogP contribution in [-0.2, 0) is 4.79 Å². The first-order chi connectivity index (χ1) is 10.9. The van der Waals surface area contributed by atoms with E-state index in [0.717, 1.165) is 50.4 Å². The summed E-state index contributed by atoms with van der Waals surface area (Å²) in [4.78, 5) is 11.0. The Hall–Kier alpha value is -1.52. The Bertz CT molecular complexity index is 538. The summed E-state index contributed by atoms with van der Waals surface area (Å²) >= 11 is 0. The lowest BCUT2D eigenvalue weighted by molar-refractivity contribution is -0.274. The zero-order chi connectivity index (χ0) is 16.4. The average molecular weight is 326 g/mol. The van der Waals surface area contributed by atoms with Crippen molar-refractivity contribution in [1.29, 1.82) is 0 Å². The number of hydrogen-bond donors (Lipinski definition) is 0. The van der Waals surface area contributed by atoms with Gasteiger partial charge in [0.15, 0.2) is 0 Å². The Morgan fingerprint density at radius 1 is 0.957 bits per heavy atom. The molecule has 5 heteroatoms. The van der Waals surface area contributed by atoms with Gasteiger partial charge in [0.1, 0.15) is 12.0 Å². The molecule has 2 aliphatic carbocycles. The summed E-state index contributed by atoms with van der Waals surface area (Å²) in [6, 6.07) is 6.31. The van der Waals surface area contributed by atoms with Crippen molar-refractivity contribution in [1.82, 2.24) is 0 Å². The molecule has 0 heterocycles. The highest BCUT2D eigenvalue weighted by Gasteiger charge is 2.36. The van der Waals surface area contributed by atoms with Gasteiger partial charge >= 0.3 is 6.36 Å². The lowest BCUT2D eigenvalue weighted by Crippen LogP contribution is -2.30. The molecule has 4 unspecified atom stereocenters. The van der Waals surface area contributed by atoms with Gasteiger partial charge in [-0.15, -0.1) is 13.2 Å².